The molecule has 45 heavy (non-hydrogen) atoms. The van der Waals surface area contributed by atoms with Gasteiger partial charge in [0, 0.05) is 41.7 Å². The number of ether oxygens (including phenoxy) is 4. The zero-order chi connectivity index (χ0) is 31.9. The summed E-state index contributed by atoms with van der Waals surface area (Å²) in [4.78, 5) is 15.5. The number of nitrogens with one attached hydrogen (secondary N) is 1. The molecule has 0 spiro atoms. The lowest BCUT2D eigenvalue weighted by Crippen LogP contribution is -2.39. The molecule has 3 N–H and O–H groups in total. The molecule has 0 saturated carbocycles. The maximum atomic E-state index is 11.4. The average molecular weight is 630 g/mol. The van der Waals surface area contributed by atoms with E-state index in [1.807, 2.05) is 38.1 Å². The van der Waals surface area contributed by atoms with Crippen LogP contribution in [0.15, 0.2) is 60.9 Å². The average Bonchev–Trinajstić information content (AvgIpc) is 3.05. The smallest absolute Gasteiger partial charge is 0.323 e. The molecule has 0 unspecified atom stereocenters. The van der Waals surface area contributed by atoms with Gasteiger partial charge in [-0.15, -0.1) is 0 Å². The van der Waals surface area contributed by atoms with Gasteiger partial charge in [0.1, 0.15) is 50.0 Å². The van der Waals surface area contributed by atoms with Crippen molar-refractivity contribution >= 4 is 17.6 Å². The minimum atomic E-state index is -1.19. The summed E-state index contributed by atoms with van der Waals surface area (Å²) < 4.78 is 23.9. The van der Waals surface area contributed by atoms with Crippen molar-refractivity contribution in [1.82, 2.24) is 10.3 Å². The third kappa shape index (κ3) is 7.29. The lowest BCUT2D eigenvalue weighted by Gasteiger charge is -2.22. The molecule has 1 aliphatic heterocycles. The number of aliphatic hydroxyl groups is 1. The maximum Gasteiger partial charge on any atom is 0.323 e. The Kier molecular flexibility index (Phi) is 10.0. The Balaban J connectivity index is 1.39. The van der Waals surface area contributed by atoms with Crippen LogP contribution < -0.4 is 24.3 Å². The first kappa shape index (κ1) is 31.6. The van der Waals surface area contributed by atoms with Gasteiger partial charge in [-0.05, 0) is 54.3 Å². The van der Waals surface area contributed by atoms with E-state index in [0.29, 0.717) is 46.4 Å². The molecule has 1 atom stereocenters. The third-order valence-corrected chi connectivity index (χ3v) is 7.82. The summed E-state index contributed by atoms with van der Waals surface area (Å²) in [7, 11) is 0. The number of aliphatic carboxylic acids is 1. The van der Waals surface area contributed by atoms with Gasteiger partial charge >= 0.3 is 5.97 Å². The molecule has 0 fully saturated rings. The van der Waals surface area contributed by atoms with Crippen LogP contribution in [0.2, 0.25) is 5.02 Å². The molecular weight excluding hydrogens is 598 g/mol. The van der Waals surface area contributed by atoms with Gasteiger partial charge in [0.15, 0.2) is 11.5 Å². The number of carboxylic acids is 1. The van der Waals surface area contributed by atoms with Crippen molar-refractivity contribution in [1.29, 1.82) is 5.26 Å². The first-order valence-electron chi connectivity index (χ1n) is 14.3. The number of nitriles is 1. The van der Waals surface area contributed by atoms with Crippen LogP contribution in [0, 0.1) is 25.2 Å². The Morgan fingerprint density at radius 2 is 1.80 bits per heavy atom. The van der Waals surface area contributed by atoms with Crippen molar-refractivity contribution in [3.8, 4) is 40.2 Å². The molecule has 0 aliphatic carbocycles. The van der Waals surface area contributed by atoms with Gasteiger partial charge in [-0.2, -0.15) is 5.26 Å². The molecule has 2 heterocycles. The molecule has 0 saturated heterocycles. The van der Waals surface area contributed by atoms with Crippen molar-refractivity contribution in [3.63, 3.8) is 0 Å². The van der Waals surface area contributed by atoms with Crippen LogP contribution in [-0.2, 0) is 24.6 Å². The highest BCUT2D eigenvalue weighted by Gasteiger charge is 2.20. The van der Waals surface area contributed by atoms with Gasteiger partial charge in [0.25, 0.3) is 0 Å². The molecule has 0 bridgehead atoms. The summed E-state index contributed by atoms with van der Waals surface area (Å²) in [6.45, 7) is 4.89. The normalized spacial score (nSPS) is 12.7. The molecule has 0 radical (unpaired) electrons. The molecule has 0 amide bonds. The third-order valence-electron chi connectivity index (χ3n) is 7.53. The number of benzene rings is 3. The number of aromatic nitrogens is 1. The summed E-state index contributed by atoms with van der Waals surface area (Å²) in [5.74, 6) is 1.09. The fourth-order valence-corrected chi connectivity index (χ4v) is 5.29. The number of carbonyl (C=O) groups is 1. The van der Waals surface area contributed by atoms with E-state index in [1.54, 1.807) is 24.4 Å². The fraction of sp³-hybridized carbons (Fsp3) is 0.265. The second-order valence-electron chi connectivity index (χ2n) is 10.5. The van der Waals surface area contributed by atoms with Gasteiger partial charge in [-0.25, -0.2) is 0 Å². The summed E-state index contributed by atoms with van der Waals surface area (Å²) in [6.07, 6.45) is 3.05. The quantitative estimate of drug-likeness (QED) is 0.187. The minimum absolute atomic E-state index is 0.0549. The van der Waals surface area contributed by atoms with Crippen LogP contribution in [0.3, 0.4) is 0 Å². The van der Waals surface area contributed by atoms with E-state index >= 15 is 0 Å². The first-order chi connectivity index (χ1) is 21.8. The van der Waals surface area contributed by atoms with Crippen LogP contribution in [0.5, 0.6) is 23.0 Å². The standard InChI is InChI=1S/C34H32ClN3O7/c1-20-24(4-3-5-26(20)27-6-7-30-33(21(27)2)43-9-8-42-30)19-45-32-12-31(44-18-23-10-22(13-36)14-37-15-23)25(11-28(32)35)16-38-29(17-39)34(40)41/h3-7,10-12,14-15,29,38-39H,8-9,16-19H2,1-2H3,(H,40,41)/t29-/m0/s1. The Hall–Kier alpha value is -4.82. The largest absolute Gasteiger partial charge is 0.488 e. The topological polar surface area (TPSA) is 143 Å². The number of fused-ring (bicyclic) bond motifs is 1. The number of hydrogen-bond donors (Lipinski definition) is 3. The van der Waals surface area contributed by atoms with E-state index in [4.69, 9.17) is 30.5 Å². The number of nitrogens with zero attached hydrogens (tertiary/aromatic N) is 2. The second kappa shape index (κ2) is 14.3. The Labute approximate surface area is 265 Å². The van der Waals surface area contributed by atoms with E-state index in [9.17, 15) is 20.3 Å². The minimum Gasteiger partial charge on any atom is -0.488 e. The SMILES string of the molecule is Cc1c(COc2cc(OCc3cncc(C#N)c3)c(CN[C@@H](CO)C(=O)O)cc2Cl)cccc1-c1ccc2c(c1C)OCCO2. The number of aliphatic hydroxyl groups excluding tert-OH is 1. The summed E-state index contributed by atoms with van der Waals surface area (Å²) in [5.41, 5.74) is 6.72. The predicted octanol–water partition coefficient (Wildman–Crippen LogP) is 5.35. The van der Waals surface area contributed by atoms with Gasteiger partial charge in [-0.1, -0.05) is 35.9 Å². The molecular formula is C34H32ClN3O7. The van der Waals surface area contributed by atoms with E-state index in [0.717, 1.165) is 39.3 Å². The van der Waals surface area contributed by atoms with Crippen molar-refractivity contribution in [2.45, 2.75) is 39.6 Å². The molecule has 10 nitrogen and oxygen atoms in total. The summed E-state index contributed by atoms with van der Waals surface area (Å²) in [6, 6.07) is 15.8. The molecule has 1 aliphatic rings. The van der Waals surface area contributed by atoms with Crippen LogP contribution in [-0.4, -0.2) is 47.0 Å². The maximum absolute atomic E-state index is 11.4. The van der Waals surface area contributed by atoms with Crippen LogP contribution in [0.25, 0.3) is 11.1 Å². The second-order valence-corrected chi connectivity index (χ2v) is 10.9. The van der Waals surface area contributed by atoms with Crippen LogP contribution in [0.4, 0.5) is 0 Å². The summed E-state index contributed by atoms with van der Waals surface area (Å²) >= 11 is 6.65. The van der Waals surface area contributed by atoms with Crippen LogP contribution >= 0.6 is 11.6 Å². The molecule has 4 aromatic rings. The summed E-state index contributed by atoms with van der Waals surface area (Å²) in [5, 5.41) is 31.1. The number of rotatable bonds is 12. The van der Waals surface area contributed by atoms with Gasteiger partial charge in [0.2, 0.25) is 0 Å². The lowest BCUT2D eigenvalue weighted by molar-refractivity contribution is -0.140. The Morgan fingerprint density at radius 1 is 1.02 bits per heavy atom. The molecule has 1 aromatic heterocycles. The van der Waals surface area contributed by atoms with Crippen molar-refractivity contribution in [2.75, 3.05) is 19.8 Å². The van der Waals surface area contributed by atoms with E-state index in [1.165, 1.54) is 6.20 Å². The highest BCUT2D eigenvalue weighted by molar-refractivity contribution is 6.32. The zero-order valence-electron chi connectivity index (χ0n) is 24.8. The number of hydrogen-bond acceptors (Lipinski definition) is 9. The highest BCUT2D eigenvalue weighted by atomic mass is 35.5. The monoisotopic (exact) mass is 629 g/mol. The Morgan fingerprint density at radius 3 is 2.58 bits per heavy atom. The molecule has 5 rings (SSSR count). The number of pyridine rings is 1. The van der Waals surface area contributed by atoms with Crippen LogP contribution in [0.1, 0.15) is 33.4 Å². The van der Waals surface area contributed by atoms with Crippen molar-refractivity contribution in [3.05, 3.63) is 99.3 Å². The molecule has 232 valence electrons. The van der Waals surface area contributed by atoms with Gasteiger partial charge in [-0.3, -0.25) is 15.1 Å². The van der Waals surface area contributed by atoms with E-state index in [2.05, 4.69) is 22.4 Å². The number of carboxylic acid groups (broad SMARTS) is 1. The number of halogens is 1. The van der Waals surface area contributed by atoms with E-state index in [-0.39, 0.29) is 19.8 Å². The van der Waals surface area contributed by atoms with E-state index < -0.39 is 18.6 Å². The molecule has 11 heteroatoms. The fourth-order valence-electron chi connectivity index (χ4n) is 5.05. The lowest BCUT2D eigenvalue weighted by atomic mass is 9.93. The first-order valence-corrected chi connectivity index (χ1v) is 14.6. The molecule has 3 aromatic carbocycles. The van der Waals surface area contributed by atoms with Crippen molar-refractivity contribution in [2.24, 2.45) is 0 Å². The van der Waals surface area contributed by atoms with Gasteiger partial charge in [0.05, 0.1) is 17.2 Å². The zero-order valence-corrected chi connectivity index (χ0v) is 25.6. The Bertz CT molecular complexity index is 1750. The highest BCUT2D eigenvalue weighted by Crippen LogP contribution is 2.41. The van der Waals surface area contributed by atoms with Crippen molar-refractivity contribution < 1.29 is 34.0 Å². The predicted molar refractivity (Wildman–Crippen MR) is 167 cm³/mol. The van der Waals surface area contributed by atoms with Gasteiger partial charge < -0.3 is 29.2 Å².